The average Bonchev–Trinajstić information content (AvgIpc) is 3.14. The first-order chi connectivity index (χ1) is 14.2. The van der Waals surface area contributed by atoms with E-state index in [-0.39, 0.29) is 17.8 Å². The summed E-state index contributed by atoms with van der Waals surface area (Å²) in [4.78, 5) is 23.2. The van der Waals surface area contributed by atoms with Crippen molar-refractivity contribution in [3.63, 3.8) is 0 Å². The number of aromatic nitrogens is 2. The molecule has 2 aromatic carbocycles. The first-order valence-corrected chi connectivity index (χ1v) is 9.29. The molecule has 1 saturated heterocycles. The van der Waals surface area contributed by atoms with Crippen molar-refractivity contribution < 1.29 is 13.6 Å². The fourth-order valence-corrected chi connectivity index (χ4v) is 3.34. The van der Waals surface area contributed by atoms with Gasteiger partial charge in [0.2, 0.25) is 0 Å². The number of benzene rings is 2. The van der Waals surface area contributed by atoms with Crippen LogP contribution < -0.4 is 10.2 Å². The quantitative estimate of drug-likeness (QED) is 0.578. The second-order valence-corrected chi connectivity index (χ2v) is 6.98. The highest BCUT2D eigenvalue weighted by atomic mass is 19.1. The summed E-state index contributed by atoms with van der Waals surface area (Å²) < 4.78 is 19.1. The van der Waals surface area contributed by atoms with E-state index in [1.165, 1.54) is 18.3 Å². The summed E-state index contributed by atoms with van der Waals surface area (Å²) in [6.07, 6.45) is 1.51. The molecule has 5 rings (SSSR count). The Balaban J connectivity index is 1.20. The minimum Gasteiger partial charge on any atom is -0.423 e. The minimum absolute atomic E-state index is 0.0143. The standard InChI is InChI=1S/C22H17FN4O2/c23-16-5-3-4-14(10-16)18-9-8-15(11-24-18)21(28)25-17-12-27(13-17)22-26-19-6-1-2-7-20(19)29-22/h1-11,17H,12-13H2,(H,25,28). The predicted molar refractivity (Wildman–Crippen MR) is 107 cm³/mol. The van der Waals surface area contributed by atoms with Crippen LogP contribution in [0, 0.1) is 5.82 Å². The molecular weight excluding hydrogens is 371 g/mol. The number of carbonyl (C=O) groups is 1. The number of fused-ring (bicyclic) bond motifs is 1. The first kappa shape index (κ1) is 17.4. The second-order valence-electron chi connectivity index (χ2n) is 6.98. The third-order valence-electron chi connectivity index (χ3n) is 4.92. The van der Waals surface area contributed by atoms with Crippen LogP contribution in [0.25, 0.3) is 22.4 Å². The highest BCUT2D eigenvalue weighted by Gasteiger charge is 2.31. The van der Waals surface area contributed by atoms with Crippen molar-refractivity contribution in [2.24, 2.45) is 0 Å². The number of carbonyl (C=O) groups excluding carboxylic acids is 1. The fraction of sp³-hybridized carbons (Fsp3) is 0.136. The summed E-state index contributed by atoms with van der Waals surface area (Å²) in [6, 6.07) is 17.8. The number of amides is 1. The molecule has 2 aromatic heterocycles. The van der Waals surface area contributed by atoms with E-state index in [1.54, 1.807) is 24.3 Å². The highest BCUT2D eigenvalue weighted by Crippen LogP contribution is 2.25. The van der Waals surface area contributed by atoms with Gasteiger partial charge < -0.3 is 14.6 Å². The first-order valence-electron chi connectivity index (χ1n) is 9.29. The third kappa shape index (κ3) is 3.42. The zero-order valence-corrected chi connectivity index (χ0v) is 15.4. The monoisotopic (exact) mass is 388 g/mol. The Morgan fingerprint density at radius 1 is 1.10 bits per heavy atom. The predicted octanol–water partition coefficient (Wildman–Crippen LogP) is 3.65. The Hall–Kier alpha value is -3.74. The molecule has 1 aliphatic heterocycles. The summed E-state index contributed by atoms with van der Waals surface area (Å²) in [7, 11) is 0. The molecule has 4 aromatic rings. The molecule has 144 valence electrons. The molecule has 1 amide bonds. The number of oxazole rings is 1. The number of para-hydroxylation sites is 2. The zero-order valence-electron chi connectivity index (χ0n) is 15.4. The molecular formula is C22H17FN4O2. The van der Waals surface area contributed by atoms with Crippen molar-refractivity contribution in [1.29, 1.82) is 0 Å². The second kappa shape index (κ2) is 7.01. The third-order valence-corrected chi connectivity index (χ3v) is 4.92. The van der Waals surface area contributed by atoms with Gasteiger partial charge >= 0.3 is 0 Å². The molecule has 0 saturated carbocycles. The lowest BCUT2D eigenvalue weighted by molar-refractivity contribution is 0.0929. The maximum atomic E-state index is 13.4. The molecule has 0 unspecified atom stereocenters. The molecule has 29 heavy (non-hydrogen) atoms. The molecule has 0 radical (unpaired) electrons. The molecule has 0 aliphatic carbocycles. The summed E-state index contributed by atoms with van der Waals surface area (Å²) >= 11 is 0. The van der Waals surface area contributed by atoms with Crippen LogP contribution in [0.5, 0.6) is 0 Å². The normalized spacial score (nSPS) is 14.0. The summed E-state index contributed by atoms with van der Waals surface area (Å²) in [6.45, 7) is 1.26. The Labute approximate surface area is 166 Å². The number of hydrogen-bond acceptors (Lipinski definition) is 5. The summed E-state index contributed by atoms with van der Waals surface area (Å²) in [5.41, 5.74) is 3.32. The van der Waals surface area contributed by atoms with E-state index in [1.807, 2.05) is 29.2 Å². The van der Waals surface area contributed by atoms with Crippen molar-refractivity contribution in [2.75, 3.05) is 18.0 Å². The SMILES string of the molecule is O=C(NC1CN(c2nc3ccccc3o2)C1)c1ccc(-c2cccc(F)c2)nc1. The molecule has 0 bridgehead atoms. The Kier molecular flexibility index (Phi) is 4.20. The van der Waals surface area contributed by atoms with Gasteiger partial charge in [0.05, 0.1) is 17.3 Å². The van der Waals surface area contributed by atoms with E-state index in [2.05, 4.69) is 15.3 Å². The number of rotatable bonds is 4. The fourth-order valence-electron chi connectivity index (χ4n) is 3.34. The molecule has 6 nitrogen and oxygen atoms in total. The maximum Gasteiger partial charge on any atom is 0.298 e. The molecule has 0 atom stereocenters. The maximum absolute atomic E-state index is 13.4. The van der Waals surface area contributed by atoms with E-state index < -0.39 is 0 Å². The van der Waals surface area contributed by atoms with Gasteiger partial charge in [0.25, 0.3) is 11.9 Å². The van der Waals surface area contributed by atoms with Gasteiger partial charge in [0.15, 0.2) is 5.58 Å². The van der Waals surface area contributed by atoms with Crippen molar-refractivity contribution in [1.82, 2.24) is 15.3 Å². The highest BCUT2D eigenvalue weighted by molar-refractivity contribution is 5.94. The summed E-state index contributed by atoms with van der Waals surface area (Å²) in [5, 5.41) is 2.98. The smallest absolute Gasteiger partial charge is 0.298 e. The van der Waals surface area contributed by atoms with Gasteiger partial charge in [-0.1, -0.05) is 24.3 Å². The number of nitrogens with one attached hydrogen (secondary N) is 1. The van der Waals surface area contributed by atoms with E-state index in [9.17, 15) is 9.18 Å². The number of hydrogen-bond donors (Lipinski definition) is 1. The summed E-state index contributed by atoms with van der Waals surface area (Å²) in [5.74, 6) is -0.509. The molecule has 3 heterocycles. The lowest BCUT2D eigenvalue weighted by Crippen LogP contribution is -2.59. The lowest BCUT2D eigenvalue weighted by atomic mass is 10.1. The van der Waals surface area contributed by atoms with E-state index in [0.717, 1.165) is 11.1 Å². The minimum atomic E-state index is -0.320. The molecule has 1 aliphatic rings. The van der Waals surface area contributed by atoms with E-state index in [4.69, 9.17) is 4.42 Å². The van der Waals surface area contributed by atoms with Gasteiger partial charge in [-0.2, -0.15) is 4.98 Å². The Morgan fingerprint density at radius 2 is 1.97 bits per heavy atom. The number of nitrogens with zero attached hydrogens (tertiary/aromatic N) is 3. The van der Waals surface area contributed by atoms with Crippen LogP contribution in [0.4, 0.5) is 10.4 Å². The van der Waals surface area contributed by atoms with E-state index in [0.29, 0.717) is 35.9 Å². The molecule has 7 heteroatoms. The van der Waals surface area contributed by atoms with E-state index >= 15 is 0 Å². The van der Waals surface area contributed by atoms with Crippen LogP contribution in [-0.2, 0) is 0 Å². The molecule has 0 spiro atoms. The van der Waals surface area contributed by atoms with Crippen LogP contribution in [0.3, 0.4) is 0 Å². The van der Waals surface area contributed by atoms with Crippen LogP contribution in [-0.4, -0.2) is 35.0 Å². The van der Waals surface area contributed by atoms with Crippen LogP contribution in [0.2, 0.25) is 0 Å². The topological polar surface area (TPSA) is 71.3 Å². The largest absolute Gasteiger partial charge is 0.423 e. The molecule has 1 fully saturated rings. The van der Waals surface area contributed by atoms with Crippen molar-refractivity contribution >= 4 is 23.0 Å². The Morgan fingerprint density at radius 3 is 2.72 bits per heavy atom. The van der Waals surface area contributed by atoms with Crippen LogP contribution in [0.1, 0.15) is 10.4 Å². The van der Waals surface area contributed by atoms with Crippen LogP contribution in [0.15, 0.2) is 71.3 Å². The number of anilines is 1. The van der Waals surface area contributed by atoms with Gasteiger partial charge in [-0.15, -0.1) is 0 Å². The van der Waals surface area contributed by atoms with Crippen molar-refractivity contribution in [3.05, 3.63) is 78.2 Å². The van der Waals surface area contributed by atoms with Gasteiger partial charge in [-0.25, -0.2) is 4.39 Å². The van der Waals surface area contributed by atoms with Gasteiger partial charge in [-0.3, -0.25) is 9.78 Å². The van der Waals surface area contributed by atoms with Gasteiger partial charge in [0.1, 0.15) is 11.3 Å². The average molecular weight is 388 g/mol. The lowest BCUT2D eigenvalue weighted by Gasteiger charge is -2.38. The molecule has 1 N–H and O–H groups in total. The van der Waals surface area contributed by atoms with Crippen LogP contribution >= 0.6 is 0 Å². The van der Waals surface area contributed by atoms with Gasteiger partial charge in [0, 0.05) is 24.8 Å². The van der Waals surface area contributed by atoms with Gasteiger partial charge in [-0.05, 0) is 36.4 Å². The number of halogens is 1. The Bertz CT molecular complexity index is 1150. The van der Waals surface area contributed by atoms with Crippen molar-refractivity contribution in [2.45, 2.75) is 6.04 Å². The van der Waals surface area contributed by atoms with Crippen molar-refractivity contribution in [3.8, 4) is 11.3 Å². The number of pyridine rings is 1. The zero-order chi connectivity index (χ0) is 19.8.